The summed E-state index contributed by atoms with van der Waals surface area (Å²) in [7, 11) is 1.88. The zero-order valence-corrected chi connectivity index (χ0v) is 14.0. The van der Waals surface area contributed by atoms with Crippen molar-refractivity contribution in [3.63, 3.8) is 0 Å². The van der Waals surface area contributed by atoms with Crippen molar-refractivity contribution in [2.45, 2.75) is 6.61 Å². The average molecular weight is 352 g/mol. The molecule has 1 amide bonds. The van der Waals surface area contributed by atoms with Gasteiger partial charge in [-0.3, -0.25) is 14.9 Å². The SMILES string of the molecule is Cn1ccnc1COc1ccc(C(=O)Nc2cccc([N+](=O)[O-])c2)cc1. The van der Waals surface area contributed by atoms with Crippen molar-refractivity contribution in [2.75, 3.05) is 5.32 Å². The van der Waals surface area contributed by atoms with E-state index in [0.29, 0.717) is 23.6 Å². The van der Waals surface area contributed by atoms with Gasteiger partial charge in [0.1, 0.15) is 18.2 Å². The number of aryl methyl sites for hydroxylation is 1. The minimum absolute atomic E-state index is 0.0826. The van der Waals surface area contributed by atoms with Crippen molar-refractivity contribution in [2.24, 2.45) is 7.05 Å². The van der Waals surface area contributed by atoms with Crippen LogP contribution in [0.2, 0.25) is 0 Å². The first-order valence-corrected chi connectivity index (χ1v) is 7.78. The van der Waals surface area contributed by atoms with Crippen molar-refractivity contribution in [3.8, 4) is 5.75 Å². The molecule has 3 aromatic rings. The first kappa shape index (κ1) is 17.2. The fraction of sp³-hybridized carbons (Fsp3) is 0.111. The summed E-state index contributed by atoms with van der Waals surface area (Å²) in [6.07, 6.45) is 3.53. The molecule has 8 heteroatoms. The van der Waals surface area contributed by atoms with Crippen molar-refractivity contribution in [1.82, 2.24) is 9.55 Å². The molecule has 0 spiro atoms. The number of carbonyl (C=O) groups excluding carboxylic acids is 1. The van der Waals surface area contributed by atoms with Gasteiger partial charge in [-0.25, -0.2) is 4.98 Å². The van der Waals surface area contributed by atoms with Crippen molar-refractivity contribution in [1.29, 1.82) is 0 Å². The van der Waals surface area contributed by atoms with E-state index in [1.165, 1.54) is 18.2 Å². The number of imidazole rings is 1. The zero-order valence-electron chi connectivity index (χ0n) is 14.0. The Bertz CT molecular complexity index is 934. The van der Waals surface area contributed by atoms with Gasteiger partial charge in [0, 0.05) is 42.8 Å². The number of amides is 1. The van der Waals surface area contributed by atoms with E-state index in [0.717, 1.165) is 5.82 Å². The van der Waals surface area contributed by atoms with Gasteiger partial charge < -0.3 is 14.6 Å². The third kappa shape index (κ3) is 4.04. The zero-order chi connectivity index (χ0) is 18.5. The molecular formula is C18H16N4O4. The Kier molecular flexibility index (Phi) is 4.93. The highest BCUT2D eigenvalue weighted by molar-refractivity contribution is 6.04. The molecule has 132 valence electrons. The molecule has 0 atom stereocenters. The number of aromatic nitrogens is 2. The molecule has 1 aromatic heterocycles. The number of nitro groups is 1. The highest BCUT2D eigenvalue weighted by atomic mass is 16.6. The fourth-order valence-electron chi connectivity index (χ4n) is 2.29. The summed E-state index contributed by atoms with van der Waals surface area (Å²) in [4.78, 5) is 26.7. The van der Waals surface area contributed by atoms with Crippen LogP contribution in [0.25, 0.3) is 0 Å². The number of rotatable bonds is 6. The van der Waals surface area contributed by atoms with Gasteiger partial charge in [0.2, 0.25) is 0 Å². The largest absolute Gasteiger partial charge is 0.486 e. The maximum Gasteiger partial charge on any atom is 0.271 e. The van der Waals surface area contributed by atoms with Gasteiger partial charge in [-0.2, -0.15) is 0 Å². The first-order chi connectivity index (χ1) is 12.5. The lowest BCUT2D eigenvalue weighted by Gasteiger charge is -2.08. The van der Waals surface area contributed by atoms with Crippen molar-refractivity contribution in [3.05, 3.63) is 82.4 Å². The number of carbonyl (C=O) groups is 1. The summed E-state index contributed by atoms with van der Waals surface area (Å²) in [5, 5.41) is 13.4. The van der Waals surface area contributed by atoms with Crippen LogP contribution in [0.1, 0.15) is 16.2 Å². The Morgan fingerprint density at radius 1 is 1.27 bits per heavy atom. The summed E-state index contributed by atoms with van der Waals surface area (Å²) in [6, 6.07) is 12.4. The lowest BCUT2D eigenvalue weighted by molar-refractivity contribution is -0.384. The molecule has 1 heterocycles. The van der Waals surface area contributed by atoms with Gasteiger partial charge in [0.15, 0.2) is 0 Å². The fourth-order valence-corrected chi connectivity index (χ4v) is 2.29. The number of benzene rings is 2. The summed E-state index contributed by atoms with van der Waals surface area (Å²) in [5.41, 5.74) is 0.695. The highest BCUT2D eigenvalue weighted by Crippen LogP contribution is 2.19. The van der Waals surface area contributed by atoms with Crippen LogP contribution in [0.5, 0.6) is 5.75 Å². The van der Waals surface area contributed by atoms with Crippen molar-refractivity contribution < 1.29 is 14.5 Å². The van der Waals surface area contributed by atoms with E-state index >= 15 is 0 Å². The molecular weight excluding hydrogens is 336 g/mol. The standard InChI is InChI=1S/C18H16N4O4/c1-21-10-9-19-17(21)12-26-16-7-5-13(6-8-16)18(23)20-14-3-2-4-15(11-14)22(24)25/h2-11H,12H2,1H3,(H,20,23). The molecule has 0 bridgehead atoms. The van der Waals surface area contributed by atoms with Crippen LogP contribution in [-0.2, 0) is 13.7 Å². The predicted molar refractivity (Wildman–Crippen MR) is 95.0 cm³/mol. The second kappa shape index (κ2) is 7.47. The number of hydrogen-bond acceptors (Lipinski definition) is 5. The normalized spacial score (nSPS) is 10.3. The van der Waals surface area contributed by atoms with Gasteiger partial charge >= 0.3 is 0 Å². The molecule has 0 aliphatic carbocycles. The molecule has 1 N–H and O–H groups in total. The number of non-ortho nitro benzene ring substituents is 1. The summed E-state index contributed by atoms with van der Waals surface area (Å²) in [5.74, 6) is 1.04. The van der Waals surface area contributed by atoms with Crippen LogP contribution in [0.15, 0.2) is 60.9 Å². The Labute approximate surface area is 149 Å². The molecule has 3 rings (SSSR count). The van der Waals surface area contributed by atoms with Gasteiger partial charge in [-0.15, -0.1) is 0 Å². The van der Waals surface area contributed by atoms with Gasteiger partial charge in [-0.1, -0.05) is 6.07 Å². The molecule has 2 aromatic carbocycles. The van der Waals surface area contributed by atoms with E-state index in [-0.39, 0.29) is 11.6 Å². The minimum atomic E-state index is -0.511. The van der Waals surface area contributed by atoms with E-state index in [9.17, 15) is 14.9 Å². The van der Waals surface area contributed by atoms with Crippen LogP contribution in [-0.4, -0.2) is 20.4 Å². The third-order valence-corrected chi connectivity index (χ3v) is 3.72. The van der Waals surface area contributed by atoms with Gasteiger partial charge in [-0.05, 0) is 30.3 Å². The summed E-state index contributed by atoms with van der Waals surface area (Å²) >= 11 is 0. The topological polar surface area (TPSA) is 99.3 Å². The van der Waals surface area contributed by atoms with Crippen molar-refractivity contribution >= 4 is 17.3 Å². The number of anilines is 1. The molecule has 0 saturated carbocycles. The quantitative estimate of drug-likeness (QED) is 0.543. The summed E-state index contributed by atoms with van der Waals surface area (Å²) < 4.78 is 7.50. The van der Waals surface area contributed by atoms with Crippen LogP contribution < -0.4 is 10.1 Å². The summed E-state index contributed by atoms with van der Waals surface area (Å²) in [6.45, 7) is 0.322. The number of nitrogens with zero attached hydrogens (tertiary/aromatic N) is 3. The van der Waals surface area contributed by atoms with E-state index in [4.69, 9.17) is 4.74 Å². The third-order valence-electron chi connectivity index (χ3n) is 3.72. The number of hydrogen-bond donors (Lipinski definition) is 1. The Morgan fingerprint density at radius 2 is 2.04 bits per heavy atom. The van der Waals surface area contributed by atoms with Crippen LogP contribution in [0, 0.1) is 10.1 Å². The predicted octanol–water partition coefficient (Wildman–Crippen LogP) is 3.16. The molecule has 0 aliphatic heterocycles. The molecule has 8 nitrogen and oxygen atoms in total. The lowest BCUT2D eigenvalue weighted by Crippen LogP contribution is -2.12. The molecule has 0 unspecified atom stereocenters. The molecule has 0 radical (unpaired) electrons. The second-order valence-corrected chi connectivity index (χ2v) is 5.53. The smallest absolute Gasteiger partial charge is 0.271 e. The Morgan fingerprint density at radius 3 is 2.69 bits per heavy atom. The maximum absolute atomic E-state index is 12.3. The van der Waals surface area contributed by atoms with E-state index < -0.39 is 4.92 Å². The number of ether oxygens (including phenoxy) is 1. The van der Waals surface area contributed by atoms with Crippen LogP contribution in [0.4, 0.5) is 11.4 Å². The highest BCUT2D eigenvalue weighted by Gasteiger charge is 2.10. The van der Waals surface area contributed by atoms with Crippen LogP contribution >= 0.6 is 0 Å². The average Bonchev–Trinajstić information content (AvgIpc) is 3.05. The number of nitrogens with one attached hydrogen (secondary N) is 1. The van der Waals surface area contributed by atoms with E-state index in [2.05, 4.69) is 10.3 Å². The van der Waals surface area contributed by atoms with E-state index in [1.807, 2.05) is 17.8 Å². The molecule has 0 aliphatic rings. The van der Waals surface area contributed by atoms with Crippen LogP contribution in [0.3, 0.4) is 0 Å². The minimum Gasteiger partial charge on any atom is -0.486 e. The molecule has 0 fully saturated rings. The van der Waals surface area contributed by atoms with Gasteiger partial charge in [0.25, 0.3) is 11.6 Å². The second-order valence-electron chi connectivity index (χ2n) is 5.53. The van der Waals surface area contributed by atoms with E-state index in [1.54, 1.807) is 36.5 Å². The van der Waals surface area contributed by atoms with Gasteiger partial charge in [0.05, 0.1) is 4.92 Å². The Hall–Kier alpha value is -3.68. The molecule has 26 heavy (non-hydrogen) atoms. The molecule has 0 saturated heterocycles. The monoisotopic (exact) mass is 352 g/mol. The first-order valence-electron chi connectivity index (χ1n) is 7.78. The lowest BCUT2D eigenvalue weighted by atomic mass is 10.2. The maximum atomic E-state index is 12.3. The number of nitro benzene ring substituents is 1. The Balaban J connectivity index is 1.62.